The van der Waals surface area contributed by atoms with Gasteiger partial charge >= 0.3 is 0 Å². The molecule has 0 amide bonds. The number of hydrogen-bond donors (Lipinski definition) is 1. The van der Waals surface area contributed by atoms with Gasteiger partial charge in [-0.3, -0.25) is 0 Å². The maximum atomic E-state index is 12.4. The molecule has 0 atom stereocenters. The van der Waals surface area contributed by atoms with Gasteiger partial charge in [-0.05, 0) is 29.8 Å². The van der Waals surface area contributed by atoms with Gasteiger partial charge in [0.2, 0.25) is 16.8 Å². The van der Waals surface area contributed by atoms with Crippen molar-refractivity contribution < 1.29 is 22.4 Å². The van der Waals surface area contributed by atoms with Crippen molar-refractivity contribution in [2.24, 2.45) is 0 Å². The van der Waals surface area contributed by atoms with Gasteiger partial charge in [0.05, 0.1) is 11.1 Å². The molecule has 124 valence electrons. The van der Waals surface area contributed by atoms with Crippen LogP contribution in [-0.2, 0) is 16.6 Å². The van der Waals surface area contributed by atoms with E-state index in [0.29, 0.717) is 22.1 Å². The lowest BCUT2D eigenvalue weighted by Crippen LogP contribution is -2.22. The van der Waals surface area contributed by atoms with Gasteiger partial charge in [-0.2, -0.15) is 0 Å². The van der Waals surface area contributed by atoms with Crippen LogP contribution in [0.5, 0.6) is 11.5 Å². The molecule has 0 saturated carbocycles. The summed E-state index contributed by atoms with van der Waals surface area (Å²) in [6.45, 7) is 0.346. The maximum absolute atomic E-state index is 12.4. The molecule has 0 bridgehead atoms. The summed E-state index contributed by atoms with van der Waals surface area (Å²) in [5.74, 6) is 1.82. The van der Waals surface area contributed by atoms with Crippen molar-refractivity contribution in [1.82, 2.24) is 9.88 Å². The summed E-state index contributed by atoms with van der Waals surface area (Å²) in [7, 11) is -3.61. The molecule has 1 aliphatic rings. The quantitative estimate of drug-likeness (QED) is 0.748. The summed E-state index contributed by atoms with van der Waals surface area (Å²) < 4.78 is 43.2. The van der Waals surface area contributed by atoms with E-state index in [2.05, 4.69) is 9.88 Å². The van der Waals surface area contributed by atoms with Crippen LogP contribution in [-0.4, -0.2) is 20.4 Å². The average Bonchev–Trinajstić information content (AvgIpc) is 3.32. The second kappa shape index (κ2) is 5.93. The number of thiophene rings is 1. The number of rotatable bonds is 5. The van der Waals surface area contributed by atoms with E-state index in [0.717, 1.165) is 16.9 Å². The Hall–Kier alpha value is -2.36. The van der Waals surface area contributed by atoms with Crippen molar-refractivity contribution in [3.05, 3.63) is 48.2 Å². The van der Waals surface area contributed by atoms with Gasteiger partial charge in [-0.25, -0.2) is 13.1 Å². The topological polar surface area (TPSA) is 90.7 Å². The number of nitrogens with one attached hydrogen (secondary N) is 1. The molecule has 0 aliphatic carbocycles. The normalized spacial score (nSPS) is 13.3. The van der Waals surface area contributed by atoms with E-state index in [4.69, 9.17) is 14.0 Å². The van der Waals surface area contributed by atoms with Crippen LogP contribution in [0, 0.1) is 0 Å². The van der Waals surface area contributed by atoms with Crippen molar-refractivity contribution in [1.29, 1.82) is 0 Å². The van der Waals surface area contributed by atoms with E-state index < -0.39 is 10.0 Å². The summed E-state index contributed by atoms with van der Waals surface area (Å²) in [6, 6.07) is 10.2. The minimum Gasteiger partial charge on any atom is -0.454 e. The van der Waals surface area contributed by atoms with E-state index in [1.807, 2.05) is 0 Å². The van der Waals surface area contributed by atoms with Gasteiger partial charge in [0.1, 0.15) is 4.21 Å². The summed E-state index contributed by atoms with van der Waals surface area (Å²) in [5, 5.41) is 3.62. The molecule has 2 aromatic heterocycles. The number of ether oxygens (including phenoxy) is 2. The first-order chi connectivity index (χ1) is 11.6. The summed E-state index contributed by atoms with van der Waals surface area (Å²) in [4.78, 5) is 0.705. The fourth-order valence-electron chi connectivity index (χ4n) is 2.24. The van der Waals surface area contributed by atoms with Crippen molar-refractivity contribution >= 4 is 21.4 Å². The van der Waals surface area contributed by atoms with Crippen LogP contribution < -0.4 is 14.2 Å². The Morgan fingerprint density at radius 1 is 1.12 bits per heavy atom. The number of benzene rings is 1. The molecular weight excluding hydrogens is 352 g/mol. The van der Waals surface area contributed by atoms with Gasteiger partial charge < -0.3 is 14.0 Å². The zero-order chi connectivity index (χ0) is 16.6. The largest absolute Gasteiger partial charge is 0.454 e. The number of fused-ring (bicyclic) bond motifs is 1. The van der Waals surface area contributed by atoms with E-state index in [9.17, 15) is 8.42 Å². The van der Waals surface area contributed by atoms with Gasteiger partial charge in [-0.1, -0.05) is 11.2 Å². The molecule has 4 rings (SSSR count). The van der Waals surface area contributed by atoms with E-state index in [1.54, 1.807) is 36.4 Å². The Morgan fingerprint density at radius 2 is 2.00 bits per heavy atom. The first-order valence-corrected chi connectivity index (χ1v) is 9.31. The first-order valence-electron chi connectivity index (χ1n) is 7.01. The van der Waals surface area contributed by atoms with Crippen molar-refractivity contribution in [3.8, 4) is 22.1 Å². The van der Waals surface area contributed by atoms with Gasteiger partial charge in [0.15, 0.2) is 17.3 Å². The molecule has 1 aliphatic heterocycles. The monoisotopic (exact) mass is 364 g/mol. The van der Waals surface area contributed by atoms with Crippen LogP contribution in [0.3, 0.4) is 0 Å². The van der Waals surface area contributed by atoms with E-state index in [-0.39, 0.29) is 17.5 Å². The molecule has 1 N–H and O–H groups in total. The van der Waals surface area contributed by atoms with Gasteiger partial charge in [-0.15, -0.1) is 11.3 Å². The number of sulfonamides is 1. The molecule has 0 saturated heterocycles. The zero-order valence-corrected chi connectivity index (χ0v) is 13.9. The van der Waals surface area contributed by atoms with Crippen molar-refractivity contribution in [2.75, 3.05) is 6.79 Å². The Balaban J connectivity index is 1.49. The molecule has 7 nitrogen and oxygen atoms in total. The highest BCUT2D eigenvalue weighted by molar-refractivity contribution is 7.91. The third kappa shape index (κ3) is 2.88. The van der Waals surface area contributed by atoms with Crippen LogP contribution in [0.15, 0.2) is 51.3 Å². The van der Waals surface area contributed by atoms with E-state index >= 15 is 0 Å². The molecule has 3 aromatic rings. The molecule has 9 heteroatoms. The first kappa shape index (κ1) is 15.2. The van der Waals surface area contributed by atoms with Crippen molar-refractivity contribution in [3.63, 3.8) is 0 Å². The van der Waals surface area contributed by atoms with Crippen LogP contribution in [0.2, 0.25) is 0 Å². The highest BCUT2D eigenvalue weighted by atomic mass is 32.2. The third-order valence-corrected chi connectivity index (χ3v) is 6.42. The minimum absolute atomic E-state index is 0.161. The summed E-state index contributed by atoms with van der Waals surface area (Å²) >= 11 is 1.12. The van der Waals surface area contributed by atoms with Crippen molar-refractivity contribution in [2.45, 2.75) is 10.8 Å². The van der Waals surface area contributed by atoms with Crippen LogP contribution in [0.1, 0.15) is 5.56 Å². The Labute approximate surface area is 141 Å². The molecule has 0 fully saturated rings. The molecule has 0 spiro atoms. The summed E-state index contributed by atoms with van der Waals surface area (Å²) in [5.41, 5.74) is 0.787. The highest BCUT2D eigenvalue weighted by Gasteiger charge is 2.19. The Kier molecular flexibility index (Phi) is 3.75. The molecule has 3 heterocycles. The predicted octanol–water partition coefficient (Wildman–Crippen LogP) is 2.61. The molecule has 0 radical (unpaired) electrons. The SMILES string of the molecule is O=S(=O)(NCc1ccc2c(c1)OCO2)c1ccc(-c2ccno2)s1. The Bertz CT molecular complexity index is 964. The smallest absolute Gasteiger partial charge is 0.250 e. The number of nitrogens with zero attached hydrogens (tertiary/aromatic N) is 1. The number of hydrogen-bond acceptors (Lipinski definition) is 7. The van der Waals surface area contributed by atoms with Gasteiger partial charge in [0.25, 0.3) is 0 Å². The summed E-state index contributed by atoms with van der Waals surface area (Å²) in [6.07, 6.45) is 1.51. The predicted molar refractivity (Wildman–Crippen MR) is 86.4 cm³/mol. The molecule has 0 unspecified atom stereocenters. The lowest BCUT2D eigenvalue weighted by atomic mass is 10.2. The second-order valence-electron chi connectivity index (χ2n) is 5.01. The highest BCUT2D eigenvalue weighted by Crippen LogP contribution is 2.33. The van der Waals surface area contributed by atoms with Crippen LogP contribution in [0.25, 0.3) is 10.6 Å². The fraction of sp³-hybridized carbons (Fsp3) is 0.133. The van der Waals surface area contributed by atoms with Crippen LogP contribution in [0.4, 0.5) is 0 Å². The van der Waals surface area contributed by atoms with Crippen LogP contribution >= 0.6 is 11.3 Å². The lowest BCUT2D eigenvalue weighted by Gasteiger charge is -2.05. The number of aromatic nitrogens is 1. The zero-order valence-electron chi connectivity index (χ0n) is 12.3. The Morgan fingerprint density at radius 3 is 2.83 bits per heavy atom. The molecular formula is C15H12N2O5S2. The van der Waals surface area contributed by atoms with E-state index in [1.165, 1.54) is 6.20 Å². The second-order valence-corrected chi connectivity index (χ2v) is 8.09. The lowest BCUT2D eigenvalue weighted by molar-refractivity contribution is 0.174. The molecule has 1 aromatic carbocycles. The third-order valence-electron chi connectivity index (χ3n) is 3.43. The minimum atomic E-state index is -3.61. The van der Waals surface area contributed by atoms with Gasteiger partial charge in [0, 0.05) is 12.6 Å². The average molecular weight is 364 g/mol. The maximum Gasteiger partial charge on any atom is 0.250 e. The molecule has 24 heavy (non-hydrogen) atoms. The standard InChI is InChI=1S/C15H12N2O5S2/c18-24(19,15-4-3-14(23-15)12-5-6-16-22-12)17-8-10-1-2-11-13(7-10)21-9-20-11/h1-7,17H,8-9H2. The fourth-order valence-corrected chi connectivity index (χ4v) is 4.57.